The molecule has 1 N–H and O–H groups in total. The largest absolute Gasteiger partial charge is 0.493 e. The molecule has 1 aliphatic heterocycles. The highest BCUT2D eigenvalue weighted by molar-refractivity contribution is 5.93. The van der Waals surface area contributed by atoms with E-state index in [0.29, 0.717) is 28.4 Å². The lowest BCUT2D eigenvalue weighted by Gasteiger charge is -2.32. The summed E-state index contributed by atoms with van der Waals surface area (Å²) in [6.45, 7) is 2.85. The number of aromatic hydroxyl groups is 1. The summed E-state index contributed by atoms with van der Waals surface area (Å²) in [6, 6.07) is 12.3. The number of hydrogen-bond acceptors (Lipinski definition) is 6. The third-order valence-electron chi connectivity index (χ3n) is 5.88. The molecule has 1 unspecified atom stereocenters. The summed E-state index contributed by atoms with van der Waals surface area (Å²) in [5.41, 5.74) is 2.32. The molecule has 2 aromatic heterocycles. The predicted molar refractivity (Wildman–Crippen MR) is 120 cm³/mol. The number of carbonyl (C=O) groups excluding carboxylic acids is 1. The van der Waals surface area contributed by atoms with Gasteiger partial charge in [0.05, 0.1) is 29.0 Å². The molecule has 0 saturated carbocycles. The number of hydrogen-bond donors (Lipinski definition) is 1. The van der Waals surface area contributed by atoms with Crippen molar-refractivity contribution in [1.82, 2.24) is 24.6 Å². The molecule has 0 spiro atoms. The monoisotopic (exact) mass is 430 g/mol. The van der Waals surface area contributed by atoms with E-state index >= 15 is 0 Å². The van der Waals surface area contributed by atoms with Gasteiger partial charge in [0, 0.05) is 26.3 Å². The van der Waals surface area contributed by atoms with Gasteiger partial charge in [-0.2, -0.15) is 15.0 Å². The third-order valence-corrected chi connectivity index (χ3v) is 5.88. The summed E-state index contributed by atoms with van der Waals surface area (Å²) >= 11 is 0. The van der Waals surface area contributed by atoms with Gasteiger partial charge >= 0.3 is 0 Å². The second-order valence-electron chi connectivity index (χ2n) is 8.34. The summed E-state index contributed by atoms with van der Waals surface area (Å²) in [4.78, 5) is 21.3. The van der Waals surface area contributed by atoms with E-state index in [9.17, 15) is 9.90 Å². The van der Waals surface area contributed by atoms with Crippen LogP contribution in [0.4, 0.5) is 0 Å². The predicted octanol–water partition coefficient (Wildman–Crippen LogP) is 2.93. The van der Waals surface area contributed by atoms with Crippen LogP contribution in [0.3, 0.4) is 0 Å². The van der Waals surface area contributed by atoms with E-state index in [1.54, 1.807) is 47.5 Å². The molecule has 3 aromatic rings. The van der Waals surface area contributed by atoms with E-state index in [1.165, 1.54) is 10.9 Å². The molecule has 0 bridgehead atoms. The Morgan fingerprint density at radius 3 is 2.69 bits per heavy atom. The van der Waals surface area contributed by atoms with Gasteiger partial charge in [0.25, 0.3) is 5.91 Å². The van der Waals surface area contributed by atoms with Gasteiger partial charge in [-0.1, -0.05) is 12.1 Å². The van der Waals surface area contributed by atoms with Crippen LogP contribution < -0.4 is 0 Å². The summed E-state index contributed by atoms with van der Waals surface area (Å²) in [7, 11) is 3.95. The molecule has 164 valence electrons. The van der Waals surface area contributed by atoms with Gasteiger partial charge in [-0.15, -0.1) is 0 Å². The topological polar surface area (TPSA) is 98.3 Å². The summed E-state index contributed by atoms with van der Waals surface area (Å²) in [6.07, 6.45) is 5.37. The van der Waals surface area contributed by atoms with Crippen LogP contribution in [0.2, 0.25) is 0 Å². The van der Waals surface area contributed by atoms with Gasteiger partial charge in [0.2, 0.25) is 5.88 Å². The maximum Gasteiger partial charge on any atom is 0.255 e. The first-order valence-corrected chi connectivity index (χ1v) is 10.6. The maximum absolute atomic E-state index is 12.8. The Hall–Kier alpha value is -3.70. The number of nitrogens with zero attached hydrogens (tertiary/aromatic N) is 6. The van der Waals surface area contributed by atoms with Crippen LogP contribution in [0.5, 0.6) is 5.88 Å². The molecule has 3 heterocycles. The van der Waals surface area contributed by atoms with E-state index in [2.05, 4.69) is 28.1 Å². The Labute approximate surface area is 187 Å². The van der Waals surface area contributed by atoms with Gasteiger partial charge in [-0.3, -0.25) is 4.79 Å². The van der Waals surface area contributed by atoms with Crippen LogP contribution in [-0.2, 0) is 0 Å². The fourth-order valence-corrected chi connectivity index (χ4v) is 4.19. The van der Waals surface area contributed by atoms with Crippen LogP contribution in [0.1, 0.15) is 28.8 Å². The van der Waals surface area contributed by atoms with Crippen LogP contribution >= 0.6 is 0 Å². The van der Waals surface area contributed by atoms with E-state index in [0.717, 1.165) is 38.0 Å². The molecule has 1 aliphatic rings. The lowest BCUT2D eigenvalue weighted by atomic mass is 9.98. The Kier molecular flexibility index (Phi) is 6.19. The van der Waals surface area contributed by atoms with Gasteiger partial charge in [-0.05, 0) is 62.2 Å². The highest BCUT2D eigenvalue weighted by Crippen LogP contribution is 2.30. The lowest BCUT2D eigenvalue weighted by molar-refractivity contribution is 0.0740. The highest BCUT2D eigenvalue weighted by atomic mass is 16.3. The number of rotatable bonds is 5. The molecule has 0 aliphatic carbocycles. The van der Waals surface area contributed by atoms with Crippen LogP contribution in [0.25, 0.3) is 16.9 Å². The number of aromatic nitrogens is 3. The molecule has 1 saturated heterocycles. The van der Waals surface area contributed by atoms with Crippen molar-refractivity contribution in [3.8, 4) is 28.9 Å². The lowest BCUT2D eigenvalue weighted by Crippen LogP contribution is -2.40. The second-order valence-corrected chi connectivity index (χ2v) is 8.34. The quantitative estimate of drug-likeness (QED) is 0.668. The van der Waals surface area contributed by atoms with Crippen LogP contribution in [-0.4, -0.2) is 69.3 Å². The molecule has 1 atom stereocenters. The Balaban J connectivity index is 1.47. The molecular weight excluding hydrogens is 404 g/mol. The number of pyridine rings is 1. The van der Waals surface area contributed by atoms with Gasteiger partial charge in [0.1, 0.15) is 0 Å². The molecule has 1 amide bonds. The van der Waals surface area contributed by atoms with Crippen molar-refractivity contribution in [3.05, 3.63) is 59.9 Å². The van der Waals surface area contributed by atoms with Crippen molar-refractivity contribution in [2.45, 2.75) is 12.8 Å². The van der Waals surface area contributed by atoms with Crippen molar-refractivity contribution in [2.24, 2.45) is 5.92 Å². The fourth-order valence-electron chi connectivity index (χ4n) is 4.19. The number of likely N-dealkylation sites (tertiary alicyclic amines) is 1. The average Bonchev–Trinajstić information content (AvgIpc) is 3.20. The minimum atomic E-state index is -0.0692. The normalized spacial score (nSPS) is 16.5. The van der Waals surface area contributed by atoms with E-state index in [-0.39, 0.29) is 11.8 Å². The zero-order valence-electron chi connectivity index (χ0n) is 18.3. The number of carbonyl (C=O) groups is 1. The SMILES string of the molecule is CN1CCCC(CN(C)C(=O)c2ccc(-n3ncc(-c4ccc(C#N)cc4)c3O)nc2)C1. The van der Waals surface area contributed by atoms with Crippen LogP contribution in [0, 0.1) is 17.2 Å². The van der Waals surface area contributed by atoms with Crippen LogP contribution in [0.15, 0.2) is 48.8 Å². The maximum atomic E-state index is 12.8. The highest BCUT2D eigenvalue weighted by Gasteiger charge is 2.22. The van der Waals surface area contributed by atoms with Gasteiger partial charge in [-0.25, -0.2) is 4.98 Å². The van der Waals surface area contributed by atoms with Crippen molar-refractivity contribution < 1.29 is 9.90 Å². The van der Waals surface area contributed by atoms with Gasteiger partial charge < -0.3 is 14.9 Å². The van der Waals surface area contributed by atoms with Gasteiger partial charge in [0.15, 0.2) is 5.82 Å². The first-order chi connectivity index (χ1) is 15.5. The zero-order chi connectivity index (χ0) is 22.7. The molecule has 1 fully saturated rings. The molecule has 0 radical (unpaired) electrons. The zero-order valence-corrected chi connectivity index (χ0v) is 18.3. The fraction of sp³-hybridized carbons (Fsp3) is 0.333. The second kappa shape index (κ2) is 9.20. The molecule has 32 heavy (non-hydrogen) atoms. The Morgan fingerprint density at radius 1 is 1.25 bits per heavy atom. The molecular formula is C24H26N6O2. The van der Waals surface area contributed by atoms with Crippen molar-refractivity contribution >= 4 is 5.91 Å². The van der Waals surface area contributed by atoms with E-state index < -0.39 is 0 Å². The summed E-state index contributed by atoms with van der Waals surface area (Å²) in [5, 5.41) is 23.8. The number of nitriles is 1. The third kappa shape index (κ3) is 4.48. The summed E-state index contributed by atoms with van der Waals surface area (Å²) < 4.78 is 1.32. The first-order valence-electron chi connectivity index (χ1n) is 10.6. The standard InChI is InChI=1S/C24H26N6O2/c1-28-11-3-4-18(15-28)16-29(2)23(31)20-9-10-22(26-13-20)30-24(32)21(14-27-30)19-7-5-17(12-25)6-8-19/h5-10,13-14,18,32H,3-4,11,15-16H2,1-2H3. The molecule has 4 rings (SSSR count). The number of piperidine rings is 1. The van der Waals surface area contributed by atoms with E-state index in [1.807, 2.05) is 7.05 Å². The number of benzene rings is 1. The minimum Gasteiger partial charge on any atom is -0.493 e. The van der Waals surface area contributed by atoms with E-state index in [4.69, 9.17) is 5.26 Å². The minimum absolute atomic E-state index is 0.0557. The Morgan fingerprint density at radius 2 is 2.03 bits per heavy atom. The van der Waals surface area contributed by atoms with Crippen molar-refractivity contribution in [1.29, 1.82) is 5.26 Å². The summed E-state index contributed by atoms with van der Waals surface area (Å²) in [5.74, 6) is 0.771. The van der Waals surface area contributed by atoms with Crippen molar-refractivity contribution in [2.75, 3.05) is 33.7 Å². The number of amides is 1. The molecule has 1 aromatic carbocycles. The smallest absolute Gasteiger partial charge is 0.255 e. The molecule has 8 nitrogen and oxygen atoms in total. The first kappa shape index (κ1) is 21.5. The molecule has 8 heteroatoms. The average molecular weight is 431 g/mol. The Bertz CT molecular complexity index is 1130. The van der Waals surface area contributed by atoms with Crippen molar-refractivity contribution in [3.63, 3.8) is 0 Å².